The Morgan fingerprint density at radius 3 is 2.61 bits per heavy atom. The second-order valence-electron chi connectivity index (χ2n) is 11.8. The van der Waals surface area contributed by atoms with Crippen LogP contribution >= 0.6 is 11.8 Å². The molecule has 10 nitrogen and oxygen atoms in total. The van der Waals surface area contributed by atoms with Crippen LogP contribution in [0.1, 0.15) is 50.2 Å². The van der Waals surface area contributed by atoms with Crippen molar-refractivity contribution in [1.82, 2.24) is 25.4 Å². The predicted octanol–water partition coefficient (Wildman–Crippen LogP) is 3.77. The van der Waals surface area contributed by atoms with E-state index >= 15 is 0 Å². The monoisotopic (exact) mass is 639 g/mol. The number of rotatable bonds is 7. The number of aromatic nitrogens is 1. The van der Waals surface area contributed by atoms with Crippen LogP contribution in [-0.2, 0) is 33.9 Å². The van der Waals surface area contributed by atoms with Crippen molar-refractivity contribution >= 4 is 52.2 Å². The van der Waals surface area contributed by atoms with E-state index in [4.69, 9.17) is 0 Å². The summed E-state index contributed by atoms with van der Waals surface area (Å²) in [5, 5.41) is 5.90. The molecule has 7 rings (SSSR count). The molecule has 5 amide bonds. The Labute approximate surface area is 267 Å². The molecule has 1 unspecified atom stereocenters. The number of halogens is 1. The Morgan fingerprint density at radius 1 is 1.02 bits per heavy atom. The van der Waals surface area contributed by atoms with Crippen LogP contribution in [0, 0.1) is 5.82 Å². The van der Waals surface area contributed by atoms with Crippen LogP contribution in [0.3, 0.4) is 0 Å². The van der Waals surface area contributed by atoms with Gasteiger partial charge in [0.25, 0.3) is 11.8 Å². The van der Waals surface area contributed by atoms with Crippen LogP contribution in [0.15, 0.2) is 59.5 Å². The van der Waals surface area contributed by atoms with Gasteiger partial charge < -0.3 is 20.1 Å². The highest BCUT2D eigenvalue weighted by atomic mass is 32.2. The van der Waals surface area contributed by atoms with Crippen molar-refractivity contribution in [3.63, 3.8) is 0 Å². The maximum atomic E-state index is 14.3. The lowest BCUT2D eigenvalue weighted by molar-refractivity contribution is -0.137. The number of amides is 5. The molecule has 1 fully saturated rings. The SMILES string of the molecule is CN(Cc1ccc(-c2[nH]c3cc(F)cc4c3c2CCNC4=O)cc1)C(=O)CSc1cccc2c1CN(C1CCC(=O)NC1=O)C2=O. The van der Waals surface area contributed by atoms with Crippen molar-refractivity contribution in [2.45, 2.75) is 43.3 Å². The fourth-order valence-corrected chi connectivity index (χ4v) is 7.54. The third-order valence-corrected chi connectivity index (χ3v) is 9.93. The van der Waals surface area contributed by atoms with Crippen molar-refractivity contribution in [2.24, 2.45) is 0 Å². The second-order valence-corrected chi connectivity index (χ2v) is 12.8. The third kappa shape index (κ3) is 5.32. The molecule has 1 saturated heterocycles. The molecule has 3 aliphatic heterocycles. The Balaban J connectivity index is 1.01. The van der Waals surface area contributed by atoms with Crippen LogP contribution < -0.4 is 10.6 Å². The molecule has 4 heterocycles. The van der Waals surface area contributed by atoms with Gasteiger partial charge in [0.05, 0.1) is 11.3 Å². The van der Waals surface area contributed by atoms with Crippen LogP contribution in [0.4, 0.5) is 4.39 Å². The van der Waals surface area contributed by atoms with Crippen LogP contribution in [0.2, 0.25) is 0 Å². The molecule has 0 aliphatic carbocycles. The van der Waals surface area contributed by atoms with E-state index in [9.17, 15) is 28.4 Å². The molecule has 3 N–H and O–H groups in total. The summed E-state index contributed by atoms with van der Waals surface area (Å²) < 4.78 is 14.3. The number of piperidine rings is 1. The first kappa shape index (κ1) is 29.7. The lowest BCUT2D eigenvalue weighted by Gasteiger charge is -2.29. The molecule has 12 heteroatoms. The molecule has 3 aliphatic rings. The van der Waals surface area contributed by atoms with Gasteiger partial charge in [-0.25, -0.2) is 4.39 Å². The van der Waals surface area contributed by atoms with Gasteiger partial charge >= 0.3 is 0 Å². The number of nitrogens with one attached hydrogen (secondary N) is 3. The summed E-state index contributed by atoms with van der Waals surface area (Å²) in [5.41, 5.74) is 5.86. The fraction of sp³-hybridized carbons (Fsp3) is 0.265. The van der Waals surface area contributed by atoms with Crippen molar-refractivity contribution in [3.05, 3.63) is 88.2 Å². The number of benzene rings is 3. The smallest absolute Gasteiger partial charge is 0.255 e. The van der Waals surface area contributed by atoms with Crippen molar-refractivity contribution in [3.8, 4) is 11.3 Å². The molecular formula is C34H30FN5O5S. The standard InChI is InChI=1S/C34H30FN5O5S/c1-39(29(42)17-46-27-4-2-3-21-24(27)16-40(34(21)45)26-9-10-28(41)38-33(26)44)15-18-5-7-19(8-6-18)31-22-11-12-36-32(43)23-13-20(35)14-25(37-31)30(22)23/h2-8,13-14,26,37H,9-12,15-17H2,1H3,(H,36,43)(H,38,41,44). The molecule has 4 aromatic rings. The average Bonchev–Trinajstić information content (AvgIpc) is 3.51. The Kier molecular flexibility index (Phi) is 7.59. The topological polar surface area (TPSA) is 132 Å². The third-order valence-electron chi connectivity index (χ3n) is 8.85. The van der Waals surface area contributed by atoms with Gasteiger partial charge in [-0.15, -0.1) is 11.8 Å². The minimum atomic E-state index is -0.694. The zero-order valence-electron chi connectivity index (χ0n) is 24.9. The Hall–Kier alpha value is -4.97. The number of fused-ring (bicyclic) bond motifs is 1. The maximum Gasteiger partial charge on any atom is 0.255 e. The minimum absolute atomic E-state index is 0.0824. The first-order valence-electron chi connectivity index (χ1n) is 15.0. The number of H-pyrrole nitrogens is 1. The quantitative estimate of drug-likeness (QED) is 0.209. The summed E-state index contributed by atoms with van der Waals surface area (Å²) in [6, 6.07) is 15.2. The summed E-state index contributed by atoms with van der Waals surface area (Å²) in [6.45, 7) is 1.10. The van der Waals surface area contributed by atoms with Crippen molar-refractivity contribution in [2.75, 3.05) is 19.3 Å². The summed E-state index contributed by atoms with van der Waals surface area (Å²) in [6.07, 6.45) is 1.09. The molecule has 3 aromatic carbocycles. The van der Waals surface area contributed by atoms with E-state index in [0.717, 1.165) is 38.2 Å². The van der Waals surface area contributed by atoms with Gasteiger partial charge in [-0.05, 0) is 59.4 Å². The number of hydrogen-bond acceptors (Lipinski definition) is 6. The van der Waals surface area contributed by atoms with E-state index in [1.807, 2.05) is 30.3 Å². The highest BCUT2D eigenvalue weighted by molar-refractivity contribution is 8.00. The molecule has 0 saturated carbocycles. The van der Waals surface area contributed by atoms with Gasteiger partial charge in [0.2, 0.25) is 17.7 Å². The molecule has 1 atom stereocenters. The number of nitrogens with zero attached hydrogens (tertiary/aromatic N) is 2. The van der Waals surface area contributed by atoms with Gasteiger partial charge in [-0.3, -0.25) is 29.3 Å². The highest BCUT2D eigenvalue weighted by Crippen LogP contribution is 2.36. The van der Waals surface area contributed by atoms with E-state index in [-0.39, 0.29) is 42.3 Å². The first-order valence-corrected chi connectivity index (χ1v) is 16.0. The van der Waals surface area contributed by atoms with Gasteiger partial charge in [-0.2, -0.15) is 0 Å². The summed E-state index contributed by atoms with van der Waals surface area (Å²) in [7, 11) is 1.74. The number of hydrogen-bond donors (Lipinski definition) is 3. The summed E-state index contributed by atoms with van der Waals surface area (Å²) in [4.78, 5) is 70.0. The van der Waals surface area contributed by atoms with Crippen LogP contribution in [0.5, 0.6) is 0 Å². The molecular weight excluding hydrogens is 609 g/mol. The number of aromatic amines is 1. The first-order chi connectivity index (χ1) is 22.2. The van der Waals surface area contributed by atoms with E-state index < -0.39 is 17.8 Å². The Bertz CT molecular complexity index is 1960. The molecule has 0 radical (unpaired) electrons. The minimum Gasteiger partial charge on any atom is -0.354 e. The van der Waals surface area contributed by atoms with Crippen LogP contribution in [0.25, 0.3) is 22.2 Å². The zero-order chi connectivity index (χ0) is 32.1. The highest BCUT2D eigenvalue weighted by Gasteiger charge is 2.40. The largest absolute Gasteiger partial charge is 0.354 e. The summed E-state index contributed by atoms with van der Waals surface area (Å²) in [5.74, 6) is -1.70. The van der Waals surface area contributed by atoms with E-state index in [1.165, 1.54) is 28.8 Å². The number of imide groups is 1. The lowest BCUT2D eigenvalue weighted by Crippen LogP contribution is -2.52. The molecule has 0 spiro atoms. The van der Waals surface area contributed by atoms with Crippen molar-refractivity contribution < 1.29 is 28.4 Å². The van der Waals surface area contributed by atoms with E-state index in [2.05, 4.69) is 15.6 Å². The zero-order valence-corrected chi connectivity index (χ0v) is 25.8. The predicted molar refractivity (Wildman–Crippen MR) is 169 cm³/mol. The number of carbonyl (C=O) groups excluding carboxylic acids is 5. The van der Waals surface area contributed by atoms with Gasteiger partial charge in [0.1, 0.15) is 11.9 Å². The molecule has 1 aromatic heterocycles. The molecule has 0 bridgehead atoms. The van der Waals surface area contributed by atoms with Crippen LogP contribution in [-0.4, -0.2) is 69.7 Å². The second kappa shape index (κ2) is 11.8. The molecule has 234 valence electrons. The normalized spacial score (nSPS) is 17.5. The van der Waals surface area contributed by atoms with E-state index in [1.54, 1.807) is 24.1 Å². The molecule has 46 heavy (non-hydrogen) atoms. The van der Waals surface area contributed by atoms with E-state index in [0.29, 0.717) is 42.6 Å². The van der Waals surface area contributed by atoms with Gasteiger partial charge in [-0.1, -0.05) is 30.3 Å². The fourth-order valence-electron chi connectivity index (χ4n) is 6.52. The van der Waals surface area contributed by atoms with Gasteiger partial charge in [0.15, 0.2) is 0 Å². The summed E-state index contributed by atoms with van der Waals surface area (Å²) >= 11 is 1.36. The number of thioether (sulfide) groups is 1. The Morgan fingerprint density at radius 2 is 1.83 bits per heavy atom. The maximum absolute atomic E-state index is 14.3. The van der Waals surface area contributed by atoms with Crippen molar-refractivity contribution in [1.29, 1.82) is 0 Å². The van der Waals surface area contributed by atoms with Gasteiger partial charge in [0, 0.05) is 60.2 Å². The number of carbonyl (C=O) groups is 5. The lowest BCUT2D eigenvalue weighted by atomic mass is 9.99. The average molecular weight is 640 g/mol.